The summed E-state index contributed by atoms with van der Waals surface area (Å²) in [6.07, 6.45) is 0. The van der Waals surface area contributed by atoms with E-state index in [2.05, 4.69) is 0 Å². The summed E-state index contributed by atoms with van der Waals surface area (Å²) in [4.78, 5) is 0. The van der Waals surface area contributed by atoms with Crippen LogP contribution in [-0.2, 0) is 62.8 Å². The summed E-state index contributed by atoms with van der Waals surface area (Å²) in [7, 11) is 0. The number of hydrogen-bond donors (Lipinski definition) is 0. The second-order valence-corrected chi connectivity index (χ2v) is 0. The fraction of sp³-hybridized carbons (Fsp3) is 0. The van der Waals surface area contributed by atoms with Crippen molar-refractivity contribution in [1.29, 1.82) is 0 Å². The summed E-state index contributed by atoms with van der Waals surface area (Å²) in [6.45, 7) is 0. The topological polar surface area (TPSA) is 0 Å². The molecule has 0 aliphatic heterocycles. The molecular formula is AlCuZnZr. The molecule has 0 rings (SSSR count). The number of rotatable bonds is 0. The quantitative estimate of drug-likeness (QED) is 0.511. The van der Waals surface area contributed by atoms with Crippen LogP contribution in [0.15, 0.2) is 0 Å². The molecule has 4 heteroatoms. The van der Waals surface area contributed by atoms with Crippen LogP contribution in [0.4, 0.5) is 0 Å². The molecule has 4 radical (unpaired) electrons. The predicted octanol–water partition coefficient (Wildman–Crippen LogP) is -0.388. The minimum absolute atomic E-state index is 0. The molecule has 0 bridgehead atoms. The molecular weight excluding hydrogens is 247 g/mol. The molecule has 0 saturated heterocycles. The second-order valence-electron chi connectivity index (χ2n) is 0. The Labute approximate surface area is 79.0 Å². The van der Waals surface area contributed by atoms with E-state index >= 15 is 0 Å². The first-order valence-electron chi connectivity index (χ1n) is 0. The summed E-state index contributed by atoms with van der Waals surface area (Å²) in [5.74, 6) is 0. The van der Waals surface area contributed by atoms with E-state index < -0.39 is 0 Å². The van der Waals surface area contributed by atoms with Gasteiger partial charge in [0, 0.05) is 80.1 Å². The molecule has 20 valence electrons. The van der Waals surface area contributed by atoms with Crippen molar-refractivity contribution in [3.8, 4) is 0 Å². The first kappa shape index (κ1) is 31.0. The molecule has 0 fully saturated rings. The Morgan fingerprint density at radius 3 is 1.00 bits per heavy atom. The average molecular weight is 247 g/mol. The van der Waals surface area contributed by atoms with Gasteiger partial charge in [-0.25, -0.2) is 0 Å². The summed E-state index contributed by atoms with van der Waals surface area (Å²) in [5.41, 5.74) is 0. The first-order valence-corrected chi connectivity index (χ1v) is 0. The molecule has 0 aromatic carbocycles. The zero-order valence-electron chi connectivity index (χ0n) is 2.09. The Bertz CT molecular complexity index is 8.00. The van der Waals surface area contributed by atoms with Crippen LogP contribution in [0.1, 0.15) is 0 Å². The van der Waals surface area contributed by atoms with Crippen LogP contribution < -0.4 is 0 Å². The molecule has 0 atom stereocenters. The van der Waals surface area contributed by atoms with Gasteiger partial charge in [0.2, 0.25) is 0 Å². The Hall–Kier alpha value is 2.56. The van der Waals surface area contributed by atoms with E-state index in [9.17, 15) is 0 Å². The van der Waals surface area contributed by atoms with Gasteiger partial charge in [0.25, 0.3) is 0 Å². The monoisotopic (exact) mass is 244 g/mol. The van der Waals surface area contributed by atoms with Crippen LogP contribution in [-0.4, -0.2) is 17.4 Å². The fourth-order valence-corrected chi connectivity index (χ4v) is 0. The van der Waals surface area contributed by atoms with Gasteiger partial charge in [0.15, 0.2) is 0 Å². The summed E-state index contributed by atoms with van der Waals surface area (Å²) < 4.78 is 0. The van der Waals surface area contributed by atoms with Gasteiger partial charge in [-0.3, -0.25) is 0 Å². The summed E-state index contributed by atoms with van der Waals surface area (Å²) in [6, 6.07) is 0. The molecule has 4 heavy (non-hydrogen) atoms. The van der Waals surface area contributed by atoms with Gasteiger partial charge in [0.1, 0.15) is 0 Å². The molecule has 0 unspecified atom stereocenters. The molecule has 0 heterocycles. The van der Waals surface area contributed by atoms with Crippen molar-refractivity contribution in [2.45, 2.75) is 0 Å². The fourth-order valence-electron chi connectivity index (χ4n) is 0. The normalized spacial score (nSPS) is 0. The van der Waals surface area contributed by atoms with Crippen LogP contribution in [0.2, 0.25) is 0 Å². The number of hydrogen-bond acceptors (Lipinski definition) is 0. The molecule has 0 aliphatic carbocycles. The molecule has 0 aliphatic rings. The molecule has 0 saturated carbocycles. The van der Waals surface area contributed by atoms with Crippen LogP contribution in [0.25, 0.3) is 0 Å². The van der Waals surface area contributed by atoms with E-state index in [-0.39, 0.29) is 80.1 Å². The van der Waals surface area contributed by atoms with Gasteiger partial charge in [-0.1, -0.05) is 0 Å². The molecule has 0 N–H and O–H groups in total. The summed E-state index contributed by atoms with van der Waals surface area (Å²) in [5, 5.41) is 0. The van der Waals surface area contributed by atoms with Crippen molar-refractivity contribution in [3.05, 3.63) is 0 Å². The van der Waals surface area contributed by atoms with Crippen molar-refractivity contribution in [3.63, 3.8) is 0 Å². The van der Waals surface area contributed by atoms with E-state index in [4.69, 9.17) is 0 Å². The van der Waals surface area contributed by atoms with E-state index in [1.165, 1.54) is 0 Å². The van der Waals surface area contributed by atoms with Gasteiger partial charge < -0.3 is 0 Å². The molecule has 0 aromatic rings. The Morgan fingerprint density at radius 2 is 1.00 bits per heavy atom. The van der Waals surface area contributed by atoms with Crippen LogP contribution in [0.5, 0.6) is 0 Å². The van der Waals surface area contributed by atoms with Gasteiger partial charge in [-0.05, 0) is 0 Å². The zero-order chi connectivity index (χ0) is 0. The van der Waals surface area contributed by atoms with Gasteiger partial charge in [-0.2, -0.15) is 0 Å². The maximum Gasteiger partial charge on any atom is 0 e. The van der Waals surface area contributed by atoms with E-state index in [0.717, 1.165) is 0 Å². The molecule has 0 amide bonds. The standard InChI is InChI=1S/Al.Cu.Zn.Zr. The zero-order valence-corrected chi connectivity index (χ0v) is 9.61. The SMILES string of the molecule is [Al].[Cu].[Zn].[Zr]. The average Bonchev–Trinajstić information content (AvgIpc) is 0. The largest absolute Gasteiger partial charge is 0 e. The maximum absolute atomic E-state index is 0. The van der Waals surface area contributed by atoms with Gasteiger partial charge >= 0.3 is 0 Å². The van der Waals surface area contributed by atoms with Crippen molar-refractivity contribution in [2.75, 3.05) is 0 Å². The minimum atomic E-state index is 0. The van der Waals surface area contributed by atoms with Crippen molar-refractivity contribution < 1.29 is 62.8 Å². The van der Waals surface area contributed by atoms with Crippen molar-refractivity contribution in [2.24, 2.45) is 0 Å². The third kappa shape index (κ3) is 8.82. The van der Waals surface area contributed by atoms with Crippen molar-refractivity contribution in [1.82, 2.24) is 0 Å². The van der Waals surface area contributed by atoms with E-state index in [1.54, 1.807) is 0 Å². The molecule has 0 spiro atoms. The Morgan fingerprint density at radius 1 is 1.00 bits per heavy atom. The summed E-state index contributed by atoms with van der Waals surface area (Å²) >= 11 is 0. The van der Waals surface area contributed by atoms with Crippen LogP contribution in [0, 0.1) is 0 Å². The van der Waals surface area contributed by atoms with E-state index in [1.807, 2.05) is 0 Å². The minimum Gasteiger partial charge on any atom is 0 e. The van der Waals surface area contributed by atoms with Crippen LogP contribution >= 0.6 is 0 Å². The van der Waals surface area contributed by atoms with E-state index in [0.29, 0.717) is 0 Å². The molecule has 0 nitrogen and oxygen atoms in total. The Balaban J connectivity index is 0. The maximum atomic E-state index is 0. The second kappa shape index (κ2) is 17.6. The predicted molar refractivity (Wildman–Crippen MR) is 5.75 cm³/mol. The molecule has 0 aromatic heterocycles. The van der Waals surface area contributed by atoms with Gasteiger partial charge in [0.05, 0.1) is 0 Å². The van der Waals surface area contributed by atoms with Crippen molar-refractivity contribution >= 4 is 17.4 Å². The Kier molecular flexibility index (Phi) is 137. The smallest absolute Gasteiger partial charge is 0 e. The first-order chi connectivity index (χ1) is 0. The third-order valence-electron chi connectivity index (χ3n) is 0. The van der Waals surface area contributed by atoms with Crippen LogP contribution in [0.3, 0.4) is 0 Å². The third-order valence-corrected chi connectivity index (χ3v) is 0. The van der Waals surface area contributed by atoms with Gasteiger partial charge in [-0.15, -0.1) is 0 Å².